The predicted molar refractivity (Wildman–Crippen MR) is 135 cm³/mol. The van der Waals surface area contributed by atoms with Gasteiger partial charge in [0.25, 0.3) is 11.5 Å². The molecule has 1 aliphatic heterocycles. The summed E-state index contributed by atoms with van der Waals surface area (Å²) in [4.78, 5) is 48.4. The number of thiazole rings is 1. The first-order valence-corrected chi connectivity index (χ1v) is 12.1. The normalized spacial score (nSPS) is 18.1. The van der Waals surface area contributed by atoms with E-state index in [0.29, 0.717) is 43.8 Å². The molecule has 0 unspecified atom stereocenters. The van der Waals surface area contributed by atoms with E-state index in [4.69, 9.17) is 0 Å². The molecule has 0 radical (unpaired) electrons. The summed E-state index contributed by atoms with van der Waals surface area (Å²) in [7, 11) is 1.95. The zero-order valence-corrected chi connectivity index (χ0v) is 20.3. The second-order valence-electron chi connectivity index (χ2n) is 8.91. The van der Waals surface area contributed by atoms with Gasteiger partial charge in [0.05, 0.1) is 51.5 Å². The third-order valence-corrected chi connectivity index (χ3v) is 7.33. The number of aryl methyl sites for hydroxylation is 1. The van der Waals surface area contributed by atoms with Crippen molar-refractivity contribution in [2.75, 3.05) is 24.2 Å². The number of aromatic amines is 1. The minimum absolute atomic E-state index is 0.0832. The average Bonchev–Trinajstić information content (AvgIpc) is 3.50. The second-order valence-corrected chi connectivity index (χ2v) is 9.94. The van der Waals surface area contributed by atoms with Crippen molar-refractivity contribution in [3.63, 3.8) is 0 Å². The van der Waals surface area contributed by atoms with Crippen LogP contribution in [0, 0.1) is 12.8 Å². The monoisotopic (exact) mass is 491 g/mol. The van der Waals surface area contributed by atoms with Crippen molar-refractivity contribution < 1.29 is 9.59 Å². The number of anilines is 2. The number of amides is 2. The molecule has 1 fully saturated rings. The molecule has 4 aromatic heterocycles. The van der Waals surface area contributed by atoms with Gasteiger partial charge >= 0.3 is 0 Å². The zero-order valence-electron chi connectivity index (χ0n) is 19.5. The van der Waals surface area contributed by atoms with Crippen LogP contribution in [0.3, 0.4) is 0 Å². The van der Waals surface area contributed by atoms with Gasteiger partial charge in [-0.25, -0.2) is 4.52 Å². The van der Waals surface area contributed by atoms with Gasteiger partial charge < -0.3 is 15.6 Å². The van der Waals surface area contributed by atoms with E-state index in [0.717, 1.165) is 13.0 Å². The number of carbonyl (C=O) groups is 2. The molecule has 5 heterocycles. The van der Waals surface area contributed by atoms with Gasteiger partial charge in [0.2, 0.25) is 5.91 Å². The number of nitrogens with zero attached hydrogens (tertiary/aromatic N) is 4. The minimum atomic E-state index is -0.354. The van der Waals surface area contributed by atoms with Gasteiger partial charge in [0, 0.05) is 18.9 Å². The first-order valence-electron chi connectivity index (χ1n) is 11.2. The number of pyridine rings is 2. The largest absolute Gasteiger partial charge is 0.329 e. The van der Waals surface area contributed by atoms with Gasteiger partial charge in [-0.15, -0.1) is 11.3 Å². The first-order chi connectivity index (χ1) is 16.8. The standard InChI is InChI=1S/C24H25N7O3S/c1-13-7-19(30(3)11-13)23(34)28-15-8-18(14(2)26-9-15)29-22(33)17-10-27-31-12-20(35-24(17)31)16-5-4-6-25-21(16)32/h4-6,8-10,12-13,19H,7,11H2,1-3H3,(H,25,32)(H,28,34)(H,29,33)/t13-,19-/m0/s1. The smallest absolute Gasteiger partial charge is 0.260 e. The molecule has 2 atom stereocenters. The van der Waals surface area contributed by atoms with Crippen LogP contribution in [0.1, 0.15) is 29.4 Å². The van der Waals surface area contributed by atoms with Gasteiger partial charge in [0.1, 0.15) is 4.83 Å². The van der Waals surface area contributed by atoms with Crippen molar-refractivity contribution in [2.45, 2.75) is 26.3 Å². The molecule has 35 heavy (non-hydrogen) atoms. The maximum absolute atomic E-state index is 13.1. The van der Waals surface area contributed by atoms with Gasteiger partial charge in [-0.2, -0.15) is 5.10 Å². The topological polar surface area (TPSA) is 124 Å². The lowest BCUT2D eigenvalue weighted by Gasteiger charge is -2.19. The molecule has 1 saturated heterocycles. The summed E-state index contributed by atoms with van der Waals surface area (Å²) in [5.74, 6) is 0.0286. The molecule has 1 aliphatic rings. The summed E-state index contributed by atoms with van der Waals surface area (Å²) < 4.78 is 1.59. The fourth-order valence-electron chi connectivity index (χ4n) is 4.39. The molecule has 0 aromatic carbocycles. The van der Waals surface area contributed by atoms with Crippen molar-refractivity contribution in [2.24, 2.45) is 5.92 Å². The number of rotatable bonds is 5. The molecule has 2 amide bonds. The quantitative estimate of drug-likeness (QED) is 0.394. The van der Waals surface area contributed by atoms with Gasteiger partial charge in [-0.1, -0.05) is 6.92 Å². The van der Waals surface area contributed by atoms with Crippen LogP contribution in [0.5, 0.6) is 0 Å². The van der Waals surface area contributed by atoms with Crippen molar-refractivity contribution >= 4 is 39.4 Å². The van der Waals surface area contributed by atoms with Crippen LogP contribution < -0.4 is 16.2 Å². The summed E-state index contributed by atoms with van der Waals surface area (Å²) in [5.41, 5.74) is 2.32. The summed E-state index contributed by atoms with van der Waals surface area (Å²) in [6.45, 7) is 4.80. The highest BCUT2D eigenvalue weighted by Crippen LogP contribution is 2.29. The number of likely N-dealkylation sites (tertiary alicyclic amines) is 1. The molecule has 5 rings (SSSR count). The maximum Gasteiger partial charge on any atom is 0.260 e. The molecule has 180 valence electrons. The number of fused-ring (bicyclic) bond motifs is 1. The van der Waals surface area contributed by atoms with Crippen molar-refractivity contribution in [1.82, 2.24) is 24.5 Å². The summed E-state index contributed by atoms with van der Waals surface area (Å²) in [6.07, 6.45) is 7.18. The highest BCUT2D eigenvalue weighted by Gasteiger charge is 2.32. The van der Waals surface area contributed by atoms with Crippen LogP contribution >= 0.6 is 11.3 Å². The summed E-state index contributed by atoms with van der Waals surface area (Å²) in [6, 6.07) is 5.00. The van der Waals surface area contributed by atoms with Crippen LogP contribution in [0.25, 0.3) is 15.3 Å². The highest BCUT2D eigenvalue weighted by atomic mass is 32.1. The zero-order chi connectivity index (χ0) is 24.7. The Kier molecular flexibility index (Phi) is 5.95. The van der Waals surface area contributed by atoms with E-state index in [1.807, 2.05) is 11.9 Å². The summed E-state index contributed by atoms with van der Waals surface area (Å²) >= 11 is 1.31. The van der Waals surface area contributed by atoms with E-state index < -0.39 is 0 Å². The Balaban J connectivity index is 1.36. The second kappa shape index (κ2) is 9.08. The Labute approximate surface area is 205 Å². The third kappa shape index (κ3) is 4.47. The van der Waals surface area contributed by atoms with E-state index >= 15 is 0 Å². The number of likely N-dealkylation sites (N-methyl/N-ethyl adjacent to an activating group) is 1. The lowest BCUT2D eigenvalue weighted by Crippen LogP contribution is -2.37. The van der Waals surface area contributed by atoms with Gasteiger partial charge in [0.15, 0.2) is 0 Å². The number of hydrogen-bond donors (Lipinski definition) is 3. The van der Waals surface area contributed by atoms with Crippen molar-refractivity contribution in [3.8, 4) is 10.4 Å². The fourth-order valence-corrected chi connectivity index (χ4v) is 5.47. The molecule has 0 saturated carbocycles. The Morgan fingerprint density at radius 2 is 2.09 bits per heavy atom. The van der Waals surface area contributed by atoms with Crippen LogP contribution in [0.15, 0.2) is 47.8 Å². The highest BCUT2D eigenvalue weighted by molar-refractivity contribution is 7.21. The van der Waals surface area contributed by atoms with Crippen molar-refractivity contribution in [1.29, 1.82) is 0 Å². The Morgan fingerprint density at radius 3 is 2.83 bits per heavy atom. The third-order valence-electron chi connectivity index (χ3n) is 6.19. The Morgan fingerprint density at radius 1 is 1.26 bits per heavy atom. The Hall–Kier alpha value is -3.83. The van der Waals surface area contributed by atoms with Gasteiger partial charge in [-0.05, 0) is 44.5 Å². The first kappa shape index (κ1) is 22.9. The van der Waals surface area contributed by atoms with Crippen molar-refractivity contribution in [3.05, 3.63) is 64.6 Å². The molecule has 11 heteroatoms. The minimum Gasteiger partial charge on any atom is -0.329 e. The molecular formula is C24H25N7O3S. The predicted octanol–water partition coefficient (Wildman–Crippen LogP) is 2.99. The van der Waals surface area contributed by atoms with Crippen LogP contribution in [-0.4, -0.2) is 55.9 Å². The fraction of sp³-hybridized carbons (Fsp3) is 0.292. The number of carbonyl (C=O) groups excluding carboxylic acids is 2. The molecule has 4 aromatic rings. The van der Waals surface area contributed by atoms with E-state index in [2.05, 4.69) is 32.6 Å². The van der Waals surface area contributed by atoms with Gasteiger partial charge in [-0.3, -0.25) is 24.3 Å². The lowest BCUT2D eigenvalue weighted by atomic mass is 10.1. The van der Waals surface area contributed by atoms with E-state index in [9.17, 15) is 14.4 Å². The molecule has 0 aliphatic carbocycles. The number of H-pyrrole nitrogens is 1. The lowest BCUT2D eigenvalue weighted by molar-refractivity contribution is -0.119. The number of nitrogens with one attached hydrogen (secondary N) is 3. The van der Waals surface area contributed by atoms with E-state index in [1.165, 1.54) is 17.5 Å². The number of hydrogen-bond acceptors (Lipinski definition) is 7. The van der Waals surface area contributed by atoms with Crippen LogP contribution in [-0.2, 0) is 4.79 Å². The molecule has 10 nitrogen and oxygen atoms in total. The van der Waals surface area contributed by atoms with Crippen LogP contribution in [0.4, 0.5) is 11.4 Å². The molecule has 3 N–H and O–H groups in total. The maximum atomic E-state index is 13.1. The molecule has 0 spiro atoms. The van der Waals surface area contributed by atoms with Crippen LogP contribution in [0.2, 0.25) is 0 Å². The van der Waals surface area contributed by atoms with E-state index in [1.54, 1.807) is 48.2 Å². The molecule has 0 bridgehead atoms. The number of aromatic nitrogens is 4. The SMILES string of the molecule is Cc1ncc(NC(=O)[C@@H]2C[C@H](C)CN2C)cc1NC(=O)c1cnn2cc(-c3ccc[nH]c3=O)sc12. The summed E-state index contributed by atoms with van der Waals surface area (Å²) in [5, 5.41) is 10.1. The average molecular weight is 492 g/mol. The Bertz CT molecular complexity index is 1490. The molecular weight excluding hydrogens is 466 g/mol. The van der Waals surface area contributed by atoms with E-state index in [-0.39, 0.29) is 23.4 Å².